The van der Waals surface area contributed by atoms with Crippen LogP contribution in [-0.4, -0.2) is 23.4 Å². The van der Waals surface area contributed by atoms with Gasteiger partial charge in [-0.3, -0.25) is 9.36 Å². The maximum absolute atomic E-state index is 14.7. The second-order valence-electron chi connectivity index (χ2n) is 8.35. The van der Waals surface area contributed by atoms with Gasteiger partial charge in [0.25, 0.3) is 5.56 Å². The van der Waals surface area contributed by atoms with Gasteiger partial charge in [-0.05, 0) is 66.6 Å². The van der Waals surface area contributed by atoms with Crippen molar-refractivity contribution in [2.45, 2.75) is 13.5 Å². The molecule has 3 aromatic carbocycles. The molecule has 2 aromatic heterocycles. The van der Waals surface area contributed by atoms with Crippen LogP contribution in [0.2, 0.25) is 0 Å². The molecular formula is C28H22F2N2O4S. The molecule has 2 heterocycles. The molecule has 0 saturated heterocycles. The van der Waals surface area contributed by atoms with Gasteiger partial charge in [0.15, 0.2) is 0 Å². The van der Waals surface area contributed by atoms with Crippen molar-refractivity contribution in [2.75, 3.05) is 14.2 Å². The summed E-state index contributed by atoms with van der Waals surface area (Å²) in [6, 6.07) is 17.5. The van der Waals surface area contributed by atoms with E-state index in [1.807, 2.05) is 12.1 Å². The minimum atomic E-state index is -0.779. The minimum absolute atomic E-state index is 0.237. The summed E-state index contributed by atoms with van der Waals surface area (Å²) in [6.45, 7) is 1.40. The number of rotatable bonds is 6. The summed E-state index contributed by atoms with van der Waals surface area (Å²) < 4.78 is 42.2. The Morgan fingerprint density at radius 3 is 2.19 bits per heavy atom. The molecule has 9 heteroatoms. The van der Waals surface area contributed by atoms with Crippen molar-refractivity contribution < 1.29 is 18.3 Å². The lowest BCUT2D eigenvalue weighted by atomic mass is 10.1. The van der Waals surface area contributed by atoms with Gasteiger partial charge >= 0.3 is 5.69 Å². The molecule has 0 N–H and O–H groups in total. The van der Waals surface area contributed by atoms with E-state index < -0.39 is 29.4 Å². The molecule has 188 valence electrons. The quantitative estimate of drug-likeness (QED) is 0.295. The Labute approximate surface area is 214 Å². The highest BCUT2D eigenvalue weighted by Gasteiger charge is 2.24. The smallest absolute Gasteiger partial charge is 0.337 e. The van der Waals surface area contributed by atoms with Crippen LogP contribution in [-0.2, 0) is 6.54 Å². The van der Waals surface area contributed by atoms with Crippen LogP contribution >= 0.6 is 11.3 Å². The number of hydrogen-bond acceptors (Lipinski definition) is 5. The molecule has 0 aliphatic carbocycles. The van der Waals surface area contributed by atoms with Gasteiger partial charge in [0.2, 0.25) is 0 Å². The van der Waals surface area contributed by atoms with Crippen molar-refractivity contribution in [1.29, 1.82) is 0 Å². The van der Waals surface area contributed by atoms with Gasteiger partial charge in [-0.15, -0.1) is 11.3 Å². The van der Waals surface area contributed by atoms with Gasteiger partial charge < -0.3 is 9.47 Å². The predicted octanol–water partition coefficient (Wildman–Crippen LogP) is 5.53. The Morgan fingerprint density at radius 2 is 1.54 bits per heavy atom. The number of aryl methyl sites for hydroxylation is 1. The summed E-state index contributed by atoms with van der Waals surface area (Å²) in [5.74, 6) is -0.571. The van der Waals surface area contributed by atoms with Crippen LogP contribution in [0, 0.1) is 18.6 Å². The molecule has 0 aliphatic heterocycles. The lowest BCUT2D eigenvalue weighted by molar-refractivity contribution is 0.411. The van der Waals surface area contributed by atoms with Crippen molar-refractivity contribution in [1.82, 2.24) is 9.13 Å². The zero-order valence-electron chi connectivity index (χ0n) is 20.2. The number of ether oxygens (including phenoxy) is 2. The normalized spacial score (nSPS) is 11.2. The van der Waals surface area contributed by atoms with Gasteiger partial charge in [-0.1, -0.05) is 18.2 Å². The van der Waals surface area contributed by atoms with Crippen LogP contribution in [0.4, 0.5) is 8.78 Å². The van der Waals surface area contributed by atoms with Crippen molar-refractivity contribution in [3.8, 4) is 27.6 Å². The Balaban J connectivity index is 1.87. The van der Waals surface area contributed by atoms with Crippen molar-refractivity contribution >= 4 is 21.6 Å². The first-order valence-corrected chi connectivity index (χ1v) is 12.2. The van der Waals surface area contributed by atoms with Crippen LogP contribution in [0.15, 0.2) is 76.3 Å². The van der Waals surface area contributed by atoms with Gasteiger partial charge in [0.1, 0.15) is 28.0 Å². The Hall–Kier alpha value is -4.24. The van der Waals surface area contributed by atoms with Crippen molar-refractivity contribution in [3.05, 3.63) is 110 Å². The summed E-state index contributed by atoms with van der Waals surface area (Å²) >= 11 is 1.22. The molecule has 0 unspecified atom stereocenters. The molecule has 5 rings (SSSR count). The first kappa shape index (κ1) is 24.5. The van der Waals surface area contributed by atoms with Crippen LogP contribution in [0.25, 0.3) is 26.3 Å². The number of methoxy groups -OCH3 is 2. The standard InChI is InChI=1S/C28H22F2N2O4S/c1-16-24-26(33)32(22-9-4-5-10-23(22)36-3)28(34)31(15-19-20(29)7-6-8-21(19)30)27(24)37-25(16)17-11-13-18(35-2)14-12-17/h4-14H,15H2,1-3H3. The third-order valence-corrected chi connectivity index (χ3v) is 7.63. The lowest BCUT2D eigenvalue weighted by Gasteiger charge is -2.15. The van der Waals surface area contributed by atoms with Crippen LogP contribution < -0.4 is 20.7 Å². The van der Waals surface area contributed by atoms with Gasteiger partial charge in [-0.25, -0.2) is 18.1 Å². The molecule has 6 nitrogen and oxygen atoms in total. The fraction of sp³-hybridized carbons (Fsp3) is 0.143. The van der Waals surface area contributed by atoms with Gasteiger partial charge in [0.05, 0.1) is 31.8 Å². The summed E-state index contributed by atoms with van der Waals surface area (Å²) in [5, 5.41) is 0.290. The van der Waals surface area contributed by atoms with E-state index in [0.717, 1.165) is 27.1 Å². The summed E-state index contributed by atoms with van der Waals surface area (Å²) in [5.41, 5.74) is 0.172. The summed E-state index contributed by atoms with van der Waals surface area (Å²) in [4.78, 5) is 28.8. The molecular weight excluding hydrogens is 498 g/mol. The second-order valence-corrected chi connectivity index (χ2v) is 9.35. The highest BCUT2D eigenvalue weighted by atomic mass is 32.1. The Morgan fingerprint density at radius 1 is 0.865 bits per heavy atom. The van der Waals surface area contributed by atoms with Crippen molar-refractivity contribution in [2.24, 2.45) is 0 Å². The minimum Gasteiger partial charge on any atom is -0.497 e. The molecule has 0 fully saturated rings. The van der Waals surface area contributed by atoms with Crippen LogP contribution in [0.5, 0.6) is 11.5 Å². The molecule has 5 aromatic rings. The van der Waals surface area contributed by atoms with E-state index >= 15 is 0 Å². The number of para-hydroxylation sites is 2. The molecule has 0 spiro atoms. The Bertz CT molecular complexity index is 1730. The first-order chi connectivity index (χ1) is 17.8. The second kappa shape index (κ2) is 9.67. The zero-order valence-corrected chi connectivity index (χ0v) is 21.1. The van der Waals surface area contributed by atoms with Gasteiger partial charge in [-0.2, -0.15) is 0 Å². The number of thiophene rings is 1. The number of fused-ring (bicyclic) bond motifs is 1. The molecule has 0 aliphatic rings. The highest BCUT2D eigenvalue weighted by molar-refractivity contribution is 7.22. The number of halogens is 2. The van der Waals surface area contributed by atoms with Crippen LogP contribution in [0.3, 0.4) is 0 Å². The monoisotopic (exact) mass is 520 g/mol. The topological polar surface area (TPSA) is 62.5 Å². The van der Waals surface area contributed by atoms with Gasteiger partial charge in [0, 0.05) is 10.4 Å². The highest BCUT2D eigenvalue weighted by Crippen LogP contribution is 2.37. The van der Waals surface area contributed by atoms with E-state index in [1.165, 1.54) is 29.1 Å². The van der Waals surface area contributed by atoms with Crippen molar-refractivity contribution in [3.63, 3.8) is 0 Å². The molecule has 0 radical (unpaired) electrons. The molecule has 0 saturated carbocycles. The first-order valence-electron chi connectivity index (χ1n) is 11.3. The average molecular weight is 521 g/mol. The largest absolute Gasteiger partial charge is 0.497 e. The van der Waals surface area contributed by atoms with E-state index in [4.69, 9.17) is 9.47 Å². The molecule has 0 amide bonds. The third kappa shape index (κ3) is 4.11. The number of hydrogen-bond donors (Lipinski definition) is 0. The fourth-order valence-electron chi connectivity index (χ4n) is 4.37. The van der Waals surface area contributed by atoms with Crippen LogP contribution in [0.1, 0.15) is 11.1 Å². The average Bonchev–Trinajstić information content (AvgIpc) is 3.25. The third-order valence-electron chi connectivity index (χ3n) is 6.27. The zero-order chi connectivity index (χ0) is 26.3. The van der Waals surface area contributed by atoms with E-state index in [0.29, 0.717) is 21.9 Å². The number of aromatic nitrogens is 2. The van der Waals surface area contributed by atoms with E-state index in [2.05, 4.69) is 0 Å². The number of nitrogens with zero attached hydrogens (tertiary/aromatic N) is 2. The number of benzene rings is 3. The summed E-state index contributed by atoms with van der Waals surface area (Å²) in [6.07, 6.45) is 0. The van der Waals surface area contributed by atoms with E-state index in [-0.39, 0.29) is 16.6 Å². The SMILES string of the molecule is COc1ccc(-c2sc3c(c2C)c(=O)n(-c2ccccc2OC)c(=O)n3Cc2c(F)cccc2F)cc1. The molecule has 0 bridgehead atoms. The van der Waals surface area contributed by atoms with E-state index in [9.17, 15) is 18.4 Å². The maximum atomic E-state index is 14.7. The fourth-order valence-corrected chi connectivity index (χ4v) is 5.67. The maximum Gasteiger partial charge on any atom is 0.337 e. The lowest BCUT2D eigenvalue weighted by Crippen LogP contribution is -2.39. The molecule has 0 atom stereocenters. The predicted molar refractivity (Wildman–Crippen MR) is 140 cm³/mol. The summed E-state index contributed by atoms with van der Waals surface area (Å²) in [7, 11) is 3.01. The Kier molecular flexibility index (Phi) is 6.39. The molecule has 37 heavy (non-hydrogen) atoms. The van der Waals surface area contributed by atoms with E-state index in [1.54, 1.807) is 50.4 Å².